The first-order valence-electron chi connectivity index (χ1n) is 7.03. The fourth-order valence-electron chi connectivity index (χ4n) is 2.36. The number of fused-ring (bicyclic) bond motifs is 1. The fourth-order valence-corrected chi connectivity index (χ4v) is 3.32. The fraction of sp³-hybridized carbons (Fsp3) is 0.235. The van der Waals surface area contributed by atoms with Gasteiger partial charge < -0.3 is 10.7 Å². The third-order valence-electron chi connectivity index (χ3n) is 3.62. The second-order valence-corrected chi connectivity index (χ2v) is 6.28. The van der Waals surface area contributed by atoms with E-state index in [9.17, 15) is 0 Å². The summed E-state index contributed by atoms with van der Waals surface area (Å²) in [5, 5.41) is 0.970. The predicted molar refractivity (Wildman–Crippen MR) is 89.5 cm³/mol. The molecular weight excluding hydrogens is 278 g/mol. The molecule has 108 valence electrons. The molecule has 4 heteroatoms. The minimum absolute atomic E-state index is 0.594. The summed E-state index contributed by atoms with van der Waals surface area (Å²) in [5.41, 5.74) is 12.8. The first-order valence-corrected chi connectivity index (χ1v) is 8.02. The monoisotopic (exact) mass is 297 g/mol. The summed E-state index contributed by atoms with van der Waals surface area (Å²) >= 11 is 1.73. The summed E-state index contributed by atoms with van der Waals surface area (Å²) in [5.74, 6) is 0.912. The molecule has 0 radical (unpaired) electrons. The normalized spacial score (nSPS) is 11.2. The molecule has 0 bridgehead atoms. The van der Waals surface area contributed by atoms with E-state index in [1.54, 1.807) is 11.8 Å². The first-order chi connectivity index (χ1) is 10.2. The molecule has 3 N–H and O–H groups in total. The van der Waals surface area contributed by atoms with E-state index >= 15 is 0 Å². The number of nitrogens with zero attached hydrogens (tertiary/aromatic N) is 1. The Bertz CT molecular complexity index is 777. The molecule has 0 saturated carbocycles. The molecule has 0 aliphatic carbocycles. The van der Waals surface area contributed by atoms with Gasteiger partial charge in [0.25, 0.3) is 0 Å². The van der Waals surface area contributed by atoms with Gasteiger partial charge in [-0.3, -0.25) is 0 Å². The number of thioether (sulfide) groups is 1. The summed E-state index contributed by atoms with van der Waals surface area (Å²) < 4.78 is 0. The molecule has 0 saturated heterocycles. The highest BCUT2D eigenvalue weighted by molar-refractivity contribution is 7.98. The molecule has 0 aliphatic heterocycles. The molecule has 0 aliphatic rings. The van der Waals surface area contributed by atoms with Crippen molar-refractivity contribution in [1.29, 1.82) is 0 Å². The average Bonchev–Trinajstić information content (AvgIpc) is 2.87. The minimum Gasteiger partial charge on any atom is -0.333 e. The van der Waals surface area contributed by atoms with Gasteiger partial charge in [0.15, 0.2) is 5.16 Å². The van der Waals surface area contributed by atoms with E-state index in [2.05, 4.69) is 60.2 Å². The van der Waals surface area contributed by atoms with Crippen molar-refractivity contribution in [2.24, 2.45) is 5.73 Å². The lowest BCUT2D eigenvalue weighted by Crippen LogP contribution is -1.97. The van der Waals surface area contributed by atoms with Crippen molar-refractivity contribution < 1.29 is 0 Å². The highest BCUT2D eigenvalue weighted by atomic mass is 32.2. The number of H-pyrrole nitrogens is 1. The second kappa shape index (κ2) is 5.92. The molecule has 1 aromatic heterocycles. The van der Waals surface area contributed by atoms with Gasteiger partial charge in [-0.15, -0.1) is 0 Å². The van der Waals surface area contributed by atoms with Gasteiger partial charge in [-0.25, -0.2) is 4.98 Å². The van der Waals surface area contributed by atoms with E-state index in [1.807, 2.05) is 0 Å². The molecule has 0 unspecified atom stereocenters. The number of aromatic amines is 1. The van der Waals surface area contributed by atoms with Crippen LogP contribution in [0.25, 0.3) is 11.0 Å². The Balaban J connectivity index is 1.77. The predicted octanol–water partition coefficient (Wildman–Crippen LogP) is 3.93. The van der Waals surface area contributed by atoms with Crippen molar-refractivity contribution >= 4 is 22.8 Å². The van der Waals surface area contributed by atoms with E-state index in [1.165, 1.54) is 22.3 Å². The maximum absolute atomic E-state index is 5.67. The summed E-state index contributed by atoms with van der Waals surface area (Å²) in [6, 6.07) is 12.7. The molecule has 3 nitrogen and oxygen atoms in total. The smallest absolute Gasteiger partial charge is 0.166 e. The third-order valence-corrected chi connectivity index (χ3v) is 4.54. The minimum atomic E-state index is 0.594. The lowest BCUT2D eigenvalue weighted by molar-refractivity contribution is 1.06. The molecule has 0 amide bonds. The Morgan fingerprint density at radius 2 is 2.00 bits per heavy atom. The number of imidazole rings is 1. The van der Waals surface area contributed by atoms with Crippen molar-refractivity contribution in [1.82, 2.24) is 9.97 Å². The summed E-state index contributed by atoms with van der Waals surface area (Å²) in [6.45, 7) is 4.82. The van der Waals surface area contributed by atoms with Crippen LogP contribution in [0.5, 0.6) is 0 Å². The van der Waals surface area contributed by atoms with E-state index < -0.39 is 0 Å². The molecule has 1 heterocycles. The van der Waals surface area contributed by atoms with Crippen LogP contribution in [0.2, 0.25) is 0 Å². The van der Waals surface area contributed by atoms with Crippen molar-refractivity contribution in [3.05, 3.63) is 58.7 Å². The van der Waals surface area contributed by atoms with Gasteiger partial charge in [0.05, 0.1) is 11.0 Å². The second-order valence-electron chi connectivity index (χ2n) is 5.32. The first kappa shape index (κ1) is 14.2. The third kappa shape index (κ3) is 3.12. The molecule has 0 spiro atoms. The van der Waals surface area contributed by atoms with Gasteiger partial charge >= 0.3 is 0 Å². The van der Waals surface area contributed by atoms with Gasteiger partial charge in [-0.2, -0.15) is 0 Å². The van der Waals surface area contributed by atoms with Crippen LogP contribution in [0.4, 0.5) is 0 Å². The van der Waals surface area contributed by atoms with E-state index in [4.69, 9.17) is 5.73 Å². The number of hydrogen-bond acceptors (Lipinski definition) is 3. The molecule has 0 fully saturated rings. The van der Waals surface area contributed by atoms with Gasteiger partial charge in [0, 0.05) is 12.3 Å². The van der Waals surface area contributed by atoms with Gasteiger partial charge in [0.2, 0.25) is 0 Å². The summed E-state index contributed by atoms with van der Waals surface area (Å²) in [6.07, 6.45) is 0. The van der Waals surface area contributed by atoms with Crippen LogP contribution in [0.1, 0.15) is 22.3 Å². The molecule has 3 aromatic rings. The quantitative estimate of drug-likeness (QED) is 0.717. The van der Waals surface area contributed by atoms with Crippen LogP contribution < -0.4 is 5.73 Å². The zero-order valence-electron chi connectivity index (χ0n) is 12.3. The number of nitrogens with one attached hydrogen (secondary N) is 1. The summed E-state index contributed by atoms with van der Waals surface area (Å²) in [7, 11) is 0. The van der Waals surface area contributed by atoms with Crippen LogP contribution in [0, 0.1) is 13.8 Å². The van der Waals surface area contributed by atoms with E-state index in [0.717, 1.165) is 21.9 Å². The molecule has 3 rings (SSSR count). The molecular formula is C17H19N3S. The van der Waals surface area contributed by atoms with Crippen molar-refractivity contribution in [3.63, 3.8) is 0 Å². The standard InChI is InChI=1S/C17H19N3S/c1-11-3-6-15-16(7-11)20-17(19-15)21-10-14-5-4-13(9-18)8-12(14)2/h3-8H,9-10,18H2,1-2H3,(H,19,20). The lowest BCUT2D eigenvalue weighted by Gasteiger charge is -2.06. The molecule has 0 atom stereocenters. The highest BCUT2D eigenvalue weighted by Crippen LogP contribution is 2.25. The lowest BCUT2D eigenvalue weighted by atomic mass is 10.1. The Kier molecular flexibility index (Phi) is 3.99. The Hall–Kier alpha value is -1.78. The largest absolute Gasteiger partial charge is 0.333 e. The molecule has 21 heavy (non-hydrogen) atoms. The van der Waals surface area contributed by atoms with E-state index in [-0.39, 0.29) is 0 Å². The number of hydrogen-bond donors (Lipinski definition) is 2. The number of rotatable bonds is 4. The Morgan fingerprint density at radius 3 is 2.76 bits per heavy atom. The number of aromatic nitrogens is 2. The average molecular weight is 297 g/mol. The highest BCUT2D eigenvalue weighted by Gasteiger charge is 2.06. The number of aryl methyl sites for hydroxylation is 2. The van der Waals surface area contributed by atoms with Gasteiger partial charge in [-0.05, 0) is 48.2 Å². The topological polar surface area (TPSA) is 54.7 Å². The van der Waals surface area contributed by atoms with E-state index in [0.29, 0.717) is 6.54 Å². The Labute approximate surface area is 129 Å². The van der Waals surface area contributed by atoms with Gasteiger partial charge in [0.1, 0.15) is 0 Å². The maximum Gasteiger partial charge on any atom is 0.166 e. The molecule has 2 aromatic carbocycles. The zero-order valence-corrected chi connectivity index (χ0v) is 13.1. The maximum atomic E-state index is 5.67. The van der Waals surface area contributed by atoms with Gasteiger partial charge in [-0.1, -0.05) is 36.0 Å². The van der Waals surface area contributed by atoms with Crippen LogP contribution in [0.3, 0.4) is 0 Å². The van der Waals surface area contributed by atoms with Crippen LogP contribution >= 0.6 is 11.8 Å². The SMILES string of the molecule is Cc1ccc2nc(SCc3ccc(CN)cc3C)[nH]c2c1. The van der Waals surface area contributed by atoms with Crippen LogP contribution in [-0.2, 0) is 12.3 Å². The van der Waals surface area contributed by atoms with Crippen molar-refractivity contribution in [2.75, 3.05) is 0 Å². The Morgan fingerprint density at radius 1 is 1.14 bits per heavy atom. The van der Waals surface area contributed by atoms with Crippen LogP contribution in [-0.4, -0.2) is 9.97 Å². The number of benzene rings is 2. The van der Waals surface area contributed by atoms with Crippen LogP contribution in [0.15, 0.2) is 41.6 Å². The van der Waals surface area contributed by atoms with Crippen molar-refractivity contribution in [3.8, 4) is 0 Å². The summed E-state index contributed by atoms with van der Waals surface area (Å²) in [4.78, 5) is 8.00. The zero-order chi connectivity index (χ0) is 14.8. The number of nitrogens with two attached hydrogens (primary N) is 1. The van der Waals surface area contributed by atoms with Crippen molar-refractivity contribution in [2.45, 2.75) is 31.3 Å².